The van der Waals surface area contributed by atoms with Gasteiger partial charge in [0.25, 0.3) is 0 Å². The second-order valence-corrected chi connectivity index (χ2v) is 5.65. The molecule has 4 atom stereocenters. The number of hydrogen-bond donors (Lipinski definition) is 1. The largest absolute Gasteiger partial charge is 0.324 e. The average Bonchev–Trinajstić information content (AvgIpc) is 2.88. The Morgan fingerprint density at radius 2 is 1.72 bits per heavy atom. The van der Waals surface area contributed by atoms with Gasteiger partial charge in [0.05, 0.1) is 0 Å². The van der Waals surface area contributed by atoms with Gasteiger partial charge in [-0.2, -0.15) is 0 Å². The van der Waals surface area contributed by atoms with Crippen molar-refractivity contribution in [1.29, 1.82) is 0 Å². The van der Waals surface area contributed by atoms with E-state index in [9.17, 15) is 13.2 Å². The molecule has 0 radical (unpaired) electrons. The first-order valence-electron chi connectivity index (χ1n) is 6.46. The fourth-order valence-electron chi connectivity index (χ4n) is 3.82. The molecule has 2 N–H and O–H groups in total. The van der Waals surface area contributed by atoms with Gasteiger partial charge in [0.2, 0.25) is 0 Å². The molecule has 0 spiro atoms. The minimum Gasteiger partial charge on any atom is -0.324 e. The van der Waals surface area contributed by atoms with Crippen LogP contribution in [-0.4, -0.2) is 0 Å². The van der Waals surface area contributed by atoms with Crippen molar-refractivity contribution < 1.29 is 13.2 Å². The summed E-state index contributed by atoms with van der Waals surface area (Å²) < 4.78 is 40.3. The summed E-state index contributed by atoms with van der Waals surface area (Å²) in [6.45, 7) is 0. The van der Waals surface area contributed by atoms with Gasteiger partial charge in [0.1, 0.15) is 17.5 Å². The molecule has 3 rings (SSSR count). The first-order chi connectivity index (χ1) is 8.56. The fourth-order valence-corrected chi connectivity index (χ4v) is 3.82. The van der Waals surface area contributed by atoms with Crippen LogP contribution in [0, 0.1) is 35.2 Å². The van der Waals surface area contributed by atoms with Gasteiger partial charge in [-0.1, -0.05) is 6.42 Å². The lowest BCUT2D eigenvalue weighted by atomic mass is 9.80. The zero-order valence-corrected chi connectivity index (χ0v) is 10.0. The van der Waals surface area contributed by atoms with Crippen molar-refractivity contribution in [2.24, 2.45) is 23.5 Å². The molecule has 0 heterocycles. The van der Waals surface area contributed by atoms with E-state index in [0.29, 0.717) is 24.0 Å². The van der Waals surface area contributed by atoms with Crippen molar-refractivity contribution in [3.8, 4) is 0 Å². The van der Waals surface area contributed by atoms with Crippen LogP contribution in [0.15, 0.2) is 12.1 Å². The highest BCUT2D eigenvalue weighted by Gasteiger charge is 2.43. The Morgan fingerprint density at radius 3 is 2.22 bits per heavy atom. The number of rotatable bonds is 2. The predicted molar refractivity (Wildman–Crippen MR) is 62.2 cm³/mol. The summed E-state index contributed by atoms with van der Waals surface area (Å²) in [5.74, 6) is -1.33. The van der Waals surface area contributed by atoms with Crippen molar-refractivity contribution >= 4 is 0 Å². The molecular weight excluding hydrogens is 239 g/mol. The lowest BCUT2D eigenvalue weighted by Gasteiger charge is -2.28. The molecule has 98 valence electrons. The highest BCUT2D eigenvalue weighted by Crippen LogP contribution is 2.52. The van der Waals surface area contributed by atoms with Crippen LogP contribution in [-0.2, 0) is 0 Å². The van der Waals surface area contributed by atoms with Crippen LogP contribution >= 0.6 is 0 Å². The van der Waals surface area contributed by atoms with Crippen LogP contribution in [0.25, 0.3) is 0 Å². The summed E-state index contributed by atoms with van der Waals surface area (Å²) >= 11 is 0. The Labute approximate surface area is 104 Å². The lowest BCUT2D eigenvalue weighted by Crippen LogP contribution is -2.27. The Hall–Kier alpha value is -1.03. The van der Waals surface area contributed by atoms with Crippen molar-refractivity contribution in [2.45, 2.75) is 31.7 Å². The van der Waals surface area contributed by atoms with Gasteiger partial charge in [-0.05, 0) is 37.0 Å². The molecule has 2 bridgehead atoms. The number of halogens is 3. The van der Waals surface area contributed by atoms with Crippen LogP contribution in [0.5, 0.6) is 0 Å². The normalized spacial score (nSPS) is 31.9. The molecule has 2 aliphatic rings. The topological polar surface area (TPSA) is 26.0 Å². The zero-order chi connectivity index (χ0) is 12.9. The zero-order valence-electron chi connectivity index (χ0n) is 10.0. The Balaban J connectivity index is 1.91. The molecule has 1 aromatic rings. The van der Waals surface area contributed by atoms with Crippen LogP contribution in [0.3, 0.4) is 0 Å². The minimum absolute atomic E-state index is 0.137. The van der Waals surface area contributed by atoms with Crippen molar-refractivity contribution in [3.63, 3.8) is 0 Å². The molecule has 2 aliphatic carbocycles. The van der Waals surface area contributed by atoms with Crippen LogP contribution in [0.4, 0.5) is 13.2 Å². The van der Waals surface area contributed by atoms with Gasteiger partial charge in [-0.3, -0.25) is 0 Å². The maximum atomic E-state index is 13.7. The standard InChI is InChI=1S/C14H16F3N/c15-9-5-11(16)13(12(17)6-9)14(18)10-4-7-1-2-8(10)3-7/h5-8,10,14H,1-4,18H2. The first-order valence-corrected chi connectivity index (χ1v) is 6.46. The summed E-state index contributed by atoms with van der Waals surface area (Å²) in [5.41, 5.74) is 5.89. The molecule has 18 heavy (non-hydrogen) atoms. The second-order valence-electron chi connectivity index (χ2n) is 5.65. The van der Waals surface area contributed by atoms with Gasteiger partial charge in [0.15, 0.2) is 0 Å². The van der Waals surface area contributed by atoms with E-state index >= 15 is 0 Å². The summed E-state index contributed by atoms with van der Waals surface area (Å²) in [7, 11) is 0. The smallest absolute Gasteiger partial charge is 0.133 e. The van der Waals surface area contributed by atoms with Crippen molar-refractivity contribution in [1.82, 2.24) is 0 Å². The summed E-state index contributed by atoms with van der Waals surface area (Å²) in [5, 5.41) is 0. The molecule has 0 amide bonds. The number of benzene rings is 1. The monoisotopic (exact) mass is 255 g/mol. The molecule has 0 aromatic heterocycles. The first kappa shape index (κ1) is 12.0. The third-order valence-electron chi connectivity index (χ3n) is 4.63. The minimum atomic E-state index is -0.895. The van der Waals surface area contributed by atoms with Gasteiger partial charge in [0, 0.05) is 23.7 Å². The molecule has 2 saturated carbocycles. The van der Waals surface area contributed by atoms with E-state index in [0.717, 1.165) is 19.3 Å². The van der Waals surface area contributed by atoms with E-state index in [-0.39, 0.29) is 11.5 Å². The van der Waals surface area contributed by atoms with E-state index in [1.54, 1.807) is 0 Å². The average molecular weight is 255 g/mol. The van der Waals surface area contributed by atoms with Gasteiger partial charge in [-0.25, -0.2) is 13.2 Å². The molecule has 1 aromatic carbocycles. The van der Waals surface area contributed by atoms with Crippen molar-refractivity contribution in [2.75, 3.05) is 0 Å². The lowest BCUT2D eigenvalue weighted by molar-refractivity contribution is 0.275. The SMILES string of the molecule is NC(c1c(F)cc(F)cc1F)C1CC2CCC1C2. The number of hydrogen-bond acceptors (Lipinski definition) is 1. The van der Waals surface area contributed by atoms with E-state index in [2.05, 4.69) is 0 Å². The van der Waals surface area contributed by atoms with Crippen LogP contribution in [0.1, 0.15) is 37.3 Å². The quantitative estimate of drug-likeness (QED) is 0.859. The maximum absolute atomic E-state index is 13.7. The summed E-state index contributed by atoms with van der Waals surface area (Å²) in [4.78, 5) is 0. The predicted octanol–water partition coefficient (Wildman–Crippen LogP) is 3.54. The summed E-state index contributed by atoms with van der Waals surface area (Å²) in [6.07, 6.45) is 4.39. The Bertz CT molecular complexity index is 451. The third kappa shape index (κ3) is 1.83. The van der Waals surface area contributed by atoms with E-state index in [1.165, 1.54) is 6.42 Å². The van der Waals surface area contributed by atoms with Crippen LogP contribution in [0.2, 0.25) is 0 Å². The number of fused-ring (bicyclic) bond motifs is 2. The van der Waals surface area contributed by atoms with Gasteiger partial charge < -0.3 is 5.73 Å². The van der Waals surface area contributed by atoms with Crippen molar-refractivity contribution in [3.05, 3.63) is 35.1 Å². The highest BCUT2D eigenvalue weighted by atomic mass is 19.1. The number of nitrogens with two attached hydrogens (primary N) is 1. The fraction of sp³-hybridized carbons (Fsp3) is 0.571. The molecule has 2 fully saturated rings. The second kappa shape index (κ2) is 4.26. The van der Waals surface area contributed by atoms with Crippen LogP contribution < -0.4 is 5.73 Å². The van der Waals surface area contributed by atoms with Gasteiger partial charge in [-0.15, -0.1) is 0 Å². The van der Waals surface area contributed by atoms with E-state index in [4.69, 9.17) is 5.73 Å². The maximum Gasteiger partial charge on any atom is 0.133 e. The molecule has 4 heteroatoms. The van der Waals surface area contributed by atoms with Gasteiger partial charge >= 0.3 is 0 Å². The molecular formula is C14H16F3N. The molecule has 0 aliphatic heterocycles. The Morgan fingerprint density at radius 1 is 1.06 bits per heavy atom. The molecule has 4 unspecified atom stereocenters. The third-order valence-corrected chi connectivity index (χ3v) is 4.63. The molecule has 1 nitrogen and oxygen atoms in total. The molecule has 0 saturated heterocycles. The summed E-state index contributed by atoms with van der Waals surface area (Å²) in [6, 6.07) is 0.776. The Kier molecular flexibility index (Phi) is 2.85. The highest BCUT2D eigenvalue weighted by molar-refractivity contribution is 5.25. The van der Waals surface area contributed by atoms with E-state index < -0.39 is 23.5 Å². The van der Waals surface area contributed by atoms with E-state index in [1.807, 2.05) is 0 Å².